The van der Waals surface area contributed by atoms with Crippen molar-refractivity contribution in [3.8, 4) is 6.07 Å². The number of nitrogens with zero attached hydrogens (tertiary/aromatic N) is 1. The predicted octanol–water partition coefficient (Wildman–Crippen LogP) is 3.60. The lowest BCUT2D eigenvalue weighted by Crippen LogP contribution is -2.53. The van der Waals surface area contributed by atoms with Gasteiger partial charge < -0.3 is 10.1 Å². The molecule has 0 aliphatic carbocycles. The van der Waals surface area contributed by atoms with Gasteiger partial charge in [0.1, 0.15) is 11.6 Å². The van der Waals surface area contributed by atoms with Gasteiger partial charge in [0.25, 0.3) is 0 Å². The van der Waals surface area contributed by atoms with Gasteiger partial charge in [0, 0.05) is 31.4 Å². The van der Waals surface area contributed by atoms with Crippen LogP contribution in [0.25, 0.3) is 0 Å². The largest absolute Gasteiger partial charge is 0.381 e. The zero-order valence-electron chi connectivity index (χ0n) is 17.9. The van der Waals surface area contributed by atoms with Crippen LogP contribution in [0, 0.1) is 23.0 Å². The average Bonchev–Trinajstić information content (AvgIpc) is 2.79. The second-order valence-corrected chi connectivity index (χ2v) is 11.0. The number of rotatable bonds is 4. The van der Waals surface area contributed by atoms with Crippen molar-refractivity contribution in [1.29, 1.82) is 5.26 Å². The van der Waals surface area contributed by atoms with Gasteiger partial charge in [0.05, 0.1) is 22.0 Å². The highest BCUT2D eigenvalue weighted by atomic mass is 32.2. The molecule has 2 fully saturated rings. The number of ether oxygens (including phenoxy) is 1. The van der Waals surface area contributed by atoms with Crippen molar-refractivity contribution >= 4 is 9.84 Å². The summed E-state index contributed by atoms with van der Waals surface area (Å²) < 4.78 is 62.4. The van der Waals surface area contributed by atoms with E-state index in [1.54, 1.807) is 31.2 Å². The minimum Gasteiger partial charge on any atom is -0.381 e. The third-order valence-corrected chi connectivity index (χ3v) is 9.46. The van der Waals surface area contributed by atoms with Gasteiger partial charge in [-0.3, -0.25) is 0 Å². The Morgan fingerprint density at radius 3 is 2.50 bits per heavy atom. The first-order valence-corrected chi connectivity index (χ1v) is 12.4. The summed E-state index contributed by atoms with van der Waals surface area (Å²) in [6, 6.07) is 12.8. The normalized spacial score (nSPS) is 26.9. The third kappa shape index (κ3) is 4.05. The van der Waals surface area contributed by atoms with Crippen molar-refractivity contribution < 1.29 is 21.9 Å². The van der Waals surface area contributed by atoms with E-state index in [-0.39, 0.29) is 36.9 Å². The van der Waals surface area contributed by atoms with E-state index in [4.69, 9.17) is 4.74 Å². The first kappa shape index (κ1) is 22.8. The molecular formula is C24H26F2N2O3S. The van der Waals surface area contributed by atoms with Gasteiger partial charge in [-0.05, 0) is 49.4 Å². The van der Waals surface area contributed by atoms with Crippen LogP contribution in [0.15, 0.2) is 42.5 Å². The lowest BCUT2D eigenvalue weighted by molar-refractivity contribution is 0.0664. The summed E-state index contributed by atoms with van der Waals surface area (Å²) in [7, 11) is -3.66. The van der Waals surface area contributed by atoms with Gasteiger partial charge in [-0.1, -0.05) is 30.3 Å². The topological polar surface area (TPSA) is 79.2 Å². The van der Waals surface area contributed by atoms with Crippen LogP contribution in [0.2, 0.25) is 0 Å². The molecule has 2 aliphatic heterocycles. The van der Waals surface area contributed by atoms with E-state index in [0.29, 0.717) is 18.8 Å². The molecule has 2 aromatic rings. The number of sulfone groups is 1. The highest BCUT2D eigenvalue weighted by molar-refractivity contribution is 7.92. The molecule has 3 atom stereocenters. The van der Waals surface area contributed by atoms with E-state index >= 15 is 8.78 Å². The fourth-order valence-electron chi connectivity index (χ4n) is 4.79. The van der Waals surface area contributed by atoms with Crippen LogP contribution in [-0.2, 0) is 26.4 Å². The summed E-state index contributed by atoms with van der Waals surface area (Å²) in [5.74, 6) is -1.37. The summed E-state index contributed by atoms with van der Waals surface area (Å²) in [4.78, 5) is 0. The lowest BCUT2D eigenvalue weighted by Gasteiger charge is -2.36. The van der Waals surface area contributed by atoms with Crippen molar-refractivity contribution in [3.63, 3.8) is 0 Å². The zero-order valence-corrected chi connectivity index (χ0v) is 18.7. The molecule has 4 rings (SSSR count). The molecule has 170 valence electrons. The minimum atomic E-state index is -3.66. The average molecular weight is 461 g/mol. The fraction of sp³-hybridized carbons (Fsp3) is 0.458. The maximum absolute atomic E-state index is 15.1. The molecule has 8 heteroatoms. The SMILES string of the molecule is C[C@@H]1NC[C@@H](c2ccccc2)S(=O)(=O)C1Cc1cc(F)c(C2(C#N)CCOCC2)cc1F. The Bertz CT molecular complexity index is 1130. The van der Waals surface area contributed by atoms with Gasteiger partial charge in [-0.25, -0.2) is 17.2 Å². The Hall–Kier alpha value is -2.34. The monoisotopic (exact) mass is 460 g/mol. The van der Waals surface area contributed by atoms with Crippen LogP contribution in [-0.4, -0.2) is 39.5 Å². The van der Waals surface area contributed by atoms with Crippen LogP contribution in [0.1, 0.15) is 41.7 Å². The number of benzene rings is 2. The molecule has 0 saturated carbocycles. The molecule has 1 unspecified atom stereocenters. The standard InChI is InChI=1S/C24H26F2N2O3S/c1-16-22(32(29,30)23(14-28-16)17-5-3-2-4-6-17)12-18-11-21(26)19(13-20(18)25)24(15-27)7-9-31-10-8-24/h2-6,11,13,16,22-23,28H,7-10,12,14H2,1H3/t16-,22?,23-/m0/s1. The molecule has 5 nitrogen and oxygen atoms in total. The van der Waals surface area contributed by atoms with E-state index < -0.39 is 43.4 Å². The Balaban J connectivity index is 1.66. The van der Waals surface area contributed by atoms with Crippen molar-refractivity contribution in [2.24, 2.45) is 0 Å². The fourth-order valence-corrected chi connectivity index (χ4v) is 7.16. The second kappa shape index (κ2) is 8.89. The van der Waals surface area contributed by atoms with Crippen LogP contribution in [0.5, 0.6) is 0 Å². The summed E-state index contributed by atoms with van der Waals surface area (Å²) in [5, 5.41) is 11.3. The minimum absolute atomic E-state index is 0.00216. The maximum Gasteiger partial charge on any atom is 0.163 e. The van der Waals surface area contributed by atoms with Gasteiger partial charge in [0.2, 0.25) is 0 Å². The number of nitriles is 1. The predicted molar refractivity (Wildman–Crippen MR) is 117 cm³/mol. The first-order chi connectivity index (χ1) is 15.3. The molecule has 0 amide bonds. The van der Waals surface area contributed by atoms with Crippen LogP contribution < -0.4 is 5.32 Å². The molecule has 2 heterocycles. The van der Waals surface area contributed by atoms with Crippen molar-refractivity contribution in [2.45, 2.75) is 48.1 Å². The van der Waals surface area contributed by atoms with Crippen LogP contribution >= 0.6 is 0 Å². The van der Waals surface area contributed by atoms with Crippen LogP contribution in [0.3, 0.4) is 0 Å². The Morgan fingerprint density at radius 1 is 1.16 bits per heavy atom. The molecule has 0 aromatic heterocycles. The molecule has 0 spiro atoms. The zero-order chi connectivity index (χ0) is 22.9. The lowest BCUT2D eigenvalue weighted by atomic mass is 9.75. The molecule has 0 radical (unpaired) electrons. The number of nitrogens with one attached hydrogen (secondary N) is 1. The Labute approximate surface area is 187 Å². The molecule has 0 bridgehead atoms. The van der Waals surface area contributed by atoms with Gasteiger partial charge in [-0.2, -0.15) is 5.26 Å². The van der Waals surface area contributed by atoms with Crippen LogP contribution in [0.4, 0.5) is 8.78 Å². The second-order valence-electron chi connectivity index (χ2n) is 8.66. The van der Waals surface area contributed by atoms with E-state index in [9.17, 15) is 13.7 Å². The summed E-state index contributed by atoms with van der Waals surface area (Å²) >= 11 is 0. The number of hydrogen-bond acceptors (Lipinski definition) is 5. The highest BCUT2D eigenvalue weighted by Gasteiger charge is 2.43. The molecular weight excluding hydrogens is 434 g/mol. The number of halogens is 2. The highest BCUT2D eigenvalue weighted by Crippen LogP contribution is 2.38. The molecule has 1 N–H and O–H groups in total. The van der Waals surface area contributed by atoms with Crippen molar-refractivity contribution in [3.05, 3.63) is 70.8 Å². The third-order valence-electron chi connectivity index (χ3n) is 6.81. The quantitative estimate of drug-likeness (QED) is 0.754. The summed E-state index contributed by atoms with van der Waals surface area (Å²) in [5.41, 5.74) is -0.438. The van der Waals surface area contributed by atoms with Gasteiger partial charge in [0.15, 0.2) is 9.84 Å². The summed E-state index contributed by atoms with van der Waals surface area (Å²) in [6.45, 7) is 2.63. The maximum atomic E-state index is 15.1. The molecule has 2 saturated heterocycles. The first-order valence-electron chi connectivity index (χ1n) is 10.8. The Kier molecular flexibility index (Phi) is 6.35. The summed E-state index contributed by atoms with van der Waals surface area (Å²) in [6.07, 6.45) is 0.428. The molecule has 32 heavy (non-hydrogen) atoms. The Morgan fingerprint density at radius 2 is 1.84 bits per heavy atom. The van der Waals surface area contributed by atoms with Crippen molar-refractivity contribution in [1.82, 2.24) is 5.32 Å². The van der Waals surface area contributed by atoms with E-state index in [1.165, 1.54) is 0 Å². The smallest absolute Gasteiger partial charge is 0.163 e. The van der Waals surface area contributed by atoms with Gasteiger partial charge >= 0.3 is 0 Å². The van der Waals surface area contributed by atoms with E-state index in [1.807, 2.05) is 6.07 Å². The number of hydrogen-bond donors (Lipinski definition) is 1. The van der Waals surface area contributed by atoms with Crippen molar-refractivity contribution in [2.75, 3.05) is 19.8 Å². The molecule has 2 aliphatic rings. The molecule has 2 aromatic carbocycles. The van der Waals surface area contributed by atoms with E-state index in [2.05, 4.69) is 11.4 Å². The van der Waals surface area contributed by atoms with Gasteiger partial charge in [-0.15, -0.1) is 0 Å². The van der Waals surface area contributed by atoms with E-state index in [0.717, 1.165) is 12.1 Å².